The van der Waals surface area contributed by atoms with E-state index >= 15 is 0 Å². The lowest BCUT2D eigenvalue weighted by atomic mass is 10.0. The third kappa shape index (κ3) is 1.95. The summed E-state index contributed by atoms with van der Waals surface area (Å²) in [5, 5.41) is 6.81. The van der Waals surface area contributed by atoms with Gasteiger partial charge in [-0.3, -0.25) is 5.10 Å². The molecule has 0 bridgehead atoms. The molecule has 17 heavy (non-hydrogen) atoms. The van der Waals surface area contributed by atoms with Crippen molar-refractivity contribution in [2.24, 2.45) is 0 Å². The van der Waals surface area contributed by atoms with Crippen LogP contribution in [-0.4, -0.2) is 15.2 Å². The van der Waals surface area contributed by atoms with Crippen molar-refractivity contribution >= 4 is 0 Å². The second-order valence-corrected chi connectivity index (χ2v) is 3.77. The zero-order valence-electron chi connectivity index (χ0n) is 9.17. The van der Waals surface area contributed by atoms with Crippen molar-refractivity contribution in [1.29, 1.82) is 0 Å². The number of nitrogens with zero attached hydrogens (tertiary/aromatic N) is 2. The summed E-state index contributed by atoms with van der Waals surface area (Å²) in [5.74, 6) is 0.725. The minimum Gasteiger partial charge on any atom is -0.265 e. The Kier molecular flexibility index (Phi) is 2.43. The van der Waals surface area contributed by atoms with E-state index in [1.807, 2.05) is 30.3 Å². The molecule has 3 aromatic rings. The zero-order chi connectivity index (χ0) is 11.5. The molecule has 0 atom stereocenters. The van der Waals surface area contributed by atoms with Gasteiger partial charge in [-0.05, 0) is 17.2 Å². The largest absolute Gasteiger partial charge is 0.265 e. The Morgan fingerprint density at radius 1 is 0.765 bits per heavy atom. The molecule has 3 rings (SSSR count). The van der Waals surface area contributed by atoms with Crippen LogP contribution in [0.1, 0.15) is 0 Å². The van der Waals surface area contributed by atoms with E-state index in [9.17, 15) is 0 Å². The van der Waals surface area contributed by atoms with Crippen LogP contribution in [0.4, 0.5) is 0 Å². The first-order chi connectivity index (χ1) is 8.43. The van der Waals surface area contributed by atoms with Crippen molar-refractivity contribution in [3.05, 3.63) is 60.9 Å². The van der Waals surface area contributed by atoms with Gasteiger partial charge in [0.05, 0.1) is 0 Å². The quantitative estimate of drug-likeness (QED) is 0.722. The third-order valence-electron chi connectivity index (χ3n) is 2.64. The normalized spacial score (nSPS) is 10.4. The van der Waals surface area contributed by atoms with Gasteiger partial charge in [-0.25, -0.2) is 4.98 Å². The van der Waals surface area contributed by atoms with E-state index in [2.05, 4.69) is 39.4 Å². The number of nitrogens with one attached hydrogen (secondary N) is 1. The van der Waals surface area contributed by atoms with Crippen molar-refractivity contribution < 1.29 is 0 Å². The molecule has 0 unspecified atom stereocenters. The summed E-state index contributed by atoms with van der Waals surface area (Å²) in [6.07, 6.45) is 1.59. The Morgan fingerprint density at radius 2 is 1.53 bits per heavy atom. The number of hydrogen-bond acceptors (Lipinski definition) is 2. The number of benzene rings is 2. The lowest BCUT2D eigenvalue weighted by molar-refractivity contribution is 1.10. The molecule has 3 heteroatoms. The molecule has 0 aliphatic carbocycles. The smallest absolute Gasteiger partial charge is 0.180 e. The molecule has 1 heterocycles. The number of aromatic nitrogens is 3. The van der Waals surface area contributed by atoms with E-state index in [0.717, 1.165) is 11.4 Å². The van der Waals surface area contributed by atoms with Gasteiger partial charge in [0, 0.05) is 5.56 Å². The zero-order valence-corrected chi connectivity index (χ0v) is 9.17. The van der Waals surface area contributed by atoms with Gasteiger partial charge < -0.3 is 0 Å². The minimum atomic E-state index is 0.725. The molecule has 3 nitrogen and oxygen atoms in total. The molecule has 0 radical (unpaired) electrons. The third-order valence-corrected chi connectivity index (χ3v) is 2.64. The molecule has 0 aliphatic rings. The fourth-order valence-corrected chi connectivity index (χ4v) is 1.82. The van der Waals surface area contributed by atoms with E-state index in [-0.39, 0.29) is 0 Å². The van der Waals surface area contributed by atoms with E-state index in [1.54, 1.807) is 6.33 Å². The Hall–Kier alpha value is -2.42. The van der Waals surface area contributed by atoms with Crippen LogP contribution in [0, 0.1) is 0 Å². The maximum atomic E-state index is 4.15. The van der Waals surface area contributed by atoms with Crippen LogP contribution >= 0.6 is 0 Å². The predicted octanol–water partition coefficient (Wildman–Crippen LogP) is 3.14. The summed E-state index contributed by atoms with van der Waals surface area (Å²) in [5.41, 5.74) is 3.39. The van der Waals surface area contributed by atoms with Crippen LogP contribution in [-0.2, 0) is 0 Å². The predicted molar refractivity (Wildman–Crippen MR) is 67.3 cm³/mol. The molecule has 0 saturated carbocycles. The summed E-state index contributed by atoms with van der Waals surface area (Å²) in [6.45, 7) is 0. The topological polar surface area (TPSA) is 41.6 Å². The lowest BCUT2D eigenvalue weighted by Gasteiger charge is -2.02. The van der Waals surface area contributed by atoms with Gasteiger partial charge in [-0.15, -0.1) is 0 Å². The highest BCUT2D eigenvalue weighted by Gasteiger charge is 2.03. The minimum absolute atomic E-state index is 0.725. The number of rotatable bonds is 2. The summed E-state index contributed by atoms with van der Waals surface area (Å²) >= 11 is 0. The summed E-state index contributed by atoms with van der Waals surface area (Å²) in [4.78, 5) is 4.15. The van der Waals surface area contributed by atoms with Crippen molar-refractivity contribution in [1.82, 2.24) is 15.2 Å². The Bertz CT molecular complexity index is 600. The molecule has 0 spiro atoms. The van der Waals surface area contributed by atoms with Crippen LogP contribution in [0.25, 0.3) is 22.5 Å². The highest BCUT2D eigenvalue weighted by molar-refractivity contribution is 5.69. The number of aromatic amines is 1. The van der Waals surface area contributed by atoms with Crippen molar-refractivity contribution in [3.63, 3.8) is 0 Å². The van der Waals surface area contributed by atoms with Crippen LogP contribution in [0.15, 0.2) is 60.9 Å². The van der Waals surface area contributed by atoms with Gasteiger partial charge in [0.1, 0.15) is 6.33 Å². The van der Waals surface area contributed by atoms with Gasteiger partial charge in [0.15, 0.2) is 5.82 Å². The first kappa shape index (κ1) is 9.78. The summed E-state index contributed by atoms with van der Waals surface area (Å²) in [6, 6.07) is 18.5. The van der Waals surface area contributed by atoms with Crippen LogP contribution in [0.2, 0.25) is 0 Å². The molecule has 0 aliphatic heterocycles. The molecule has 0 amide bonds. The number of hydrogen-bond donors (Lipinski definition) is 1. The lowest BCUT2D eigenvalue weighted by Crippen LogP contribution is -1.83. The monoisotopic (exact) mass is 221 g/mol. The standard InChI is InChI=1S/C14H11N3/c1-2-5-11(6-3-1)12-7-4-8-13(9-12)14-15-10-16-17-14/h1-10H,(H,15,16,17). The van der Waals surface area contributed by atoms with Gasteiger partial charge in [0.25, 0.3) is 0 Å². The first-order valence-corrected chi connectivity index (χ1v) is 5.45. The Morgan fingerprint density at radius 3 is 2.29 bits per heavy atom. The molecular formula is C14H11N3. The molecule has 1 N–H and O–H groups in total. The second kappa shape index (κ2) is 4.22. The van der Waals surface area contributed by atoms with Crippen molar-refractivity contribution in [3.8, 4) is 22.5 Å². The van der Waals surface area contributed by atoms with Gasteiger partial charge >= 0.3 is 0 Å². The van der Waals surface area contributed by atoms with E-state index < -0.39 is 0 Å². The molecular weight excluding hydrogens is 210 g/mol. The van der Waals surface area contributed by atoms with Gasteiger partial charge in [-0.1, -0.05) is 48.5 Å². The maximum Gasteiger partial charge on any atom is 0.180 e. The average molecular weight is 221 g/mol. The summed E-state index contributed by atoms with van der Waals surface area (Å²) < 4.78 is 0. The maximum absolute atomic E-state index is 4.15. The average Bonchev–Trinajstić information content (AvgIpc) is 2.94. The van der Waals surface area contributed by atoms with Crippen LogP contribution in [0.3, 0.4) is 0 Å². The Balaban J connectivity index is 2.06. The SMILES string of the molecule is c1ccc(-c2cccc(-c3nc[nH]n3)c2)cc1. The molecule has 1 aromatic heterocycles. The van der Waals surface area contributed by atoms with Crippen LogP contribution < -0.4 is 0 Å². The fourth-order valence-electron chi connectivity index (χ4n) is 1.82. The van der Waals surface area contributed by atoms with E-state index in [4.69, 9.17) is 0 Å². The van der Waals surface area contributed by atoms with Crippen molar-refractivity contribution in [2.75, 3.05) is 0 Å². The number of H-pyrrole nitrogens is 1. The van der Waals surface area contributed by atoms with E-state index in [1.165, 1.54) is 11.1 Å². The molecule has 82 valence electrons. The fraction of sp³-hybridized carbons (Fsp3) is 0. The molecule has 0 fully saturated rings. The first-order valence-electron chi connectivity index (χ1n) is 5.45. The van der Waals surface area contributed by atoms with Gasteiger partial charge in [-0.2, -0.15) is 5.10 Å². The molecule has 2 aromatic carbocycles. The highest BCUT2D eigenvalue weighted by atomic mass is 15.2. The Labute approximate surface area is 99.2 Å². The van der Waals surface area contributed by atoms with Gasteiger partial charge in [0.2, 0.25) is 0 Å². The second-order valence-electron chi connectivity index (χ2n) is 3.77. The summed E-state index contributed by atoms with van der Waals surface area (Å²) in [7, 11) is 0. The van der Waals surface area contributed by atoms with Crippen LogP contribution in [0.5, 0.6) is 0 Å². The van der Waals surface area contributed by atoms with Crippen molar-refractivity contribution in [2.45, 2.75) is 0 Å². The van der Waals surface area contributed by atoms with E-state index in [0.29, 0.717) is 0 Å². The molecule has 0 saturated heterocycles. The highest BCUT2D eigenvalue weighted by Crippen LogP contribution is 2.23.